The minimum Gasteiger partial charge on any atom is -0.478 e. The van der Waals surface area contributed by atoms with Gasteiger partial charge in [0.1, 0.15) is 42.1 Å². The number of carboxylic acids is 1. The fraction of sp³-hybridized carbons (Fsp3) is 0.492. The highest BCUT2D eigenvalue weighted by molar-refractivity contribution is 6.35. The number of rotatable bonds is 14. The number of pyridine rings is 2. The molecule has 4 fully saturated rings. The molecule has 532 valence electrons. The number of alkyl halides is 10. The second kappa shape index (κ2) is 31.3. The molecule has 2 amide bonds. The number of hydrogen-bond acceptors (Lipinski definition) is 18. The summed E-state index contributed by atoms with van der Waals surface area (Å²) in [6.45, 7) is 16.4. The van der Waals surface area contributed by atoms with Crippen LogP contribution in [0, 0.1) is 13.8 Å². The van der Waals surface area contributed by atoms with E-state index in [1.165, 1.54) is 43.0 Å². The molecule has 4 saturated heterocycles. The topological polar surface area (TPSA) is 248 Å². The van der Waals surface area contributed by atoms with Crippen LogP contribution in [0.25, 0.3) is 44.3 Å². The largest absolute Gasteiger partial charge is 0.478 e. The Kier molecular flexibility index (Phi) is 24.1. The van der Waals surface area contributed by atoms with Gasteiger partial charge in [-0.15, -0.1) is 0 Å². The molecule has 5 N–H and O–H groups in total. The highest BCUT2D eigenvalue weighted by Crippen LogP contribution is 2.46. The van der Waals surface area contributed by atoms with E-state index in [1.54, 1.807) is 11.0 Å². The standard InChI is InChI=1S/C31H39ClF3N7O3.C30H33ClF5N7O2.C4H4F2O2/c1-17-12-24(36)38-26(25(17)31(33,34)35)20-14-23-21(13-22(20)32)27(39-28(37-23)44-16-19-8-7-9-40(19)6)42-11-10-41(15-18(42)2)29(43)45-30(3,4)5;1-16-11-24(37)39-27(26(16)30(34,35)36)19-13-22-20(12-21(19)31)28(40-29(38-22)45-15-18-5-4-8-41(18)3)43-10-9-42(14-17(43)2)25(44)7-6-23(32)33;5-3(6)1-2-4(7)8/h12-14,18-19H,7-11,15-16H2,1-6H3,(H2,36,38);6-7,11-13,17-18,23H,4-5,8-10,14-15H2,1-3H3,(H2,37,39);1-3H,(H,7,8)/b;7-6+;2-1+/t18-,19-;17-,18-;/m00./s1. The number of carbonyl (C=O) groups is 3. The summed E-state index contributed by atoms with van der Waals surface area (Å²) in [5, 5.41) is 8.74. The van der Waals surface area contributed by atoms with Gasteiger partial charge in [-0.1, -0.05) is 23.2 Å². The lowest BCUT2D eigenvalue weighted by Crippen LogP contribution is -2.54. The van der Waals surface area contributed by atoms with Crippen molar-refractivity contribution in [3.05, 3.63) is 93.0 Å². The monoisotopic (exact) mass is 1420 g/mol. The van der Waals surface area contributed by atoms with E-state index < -0.39 is 65.6 Å². The van der Waals surface area contributed by atoms with E-state index in [0.29, 0.717) is 85.5 Å². The van der Waals surface area contributed by atoms with Crippen molar-refractivity contribution in [3.63, 3.8) is 0 Å². The normalized spacial score (nSPS) is 19.1. The zero-order valence-corrected chi connectivity index (χ0v) is 56.6. The van der Waals surface area contributed by atoms with Gasteiger partial charge < -0.3 is 60.2 Å². The molecule has 4 aliphatic heterocycles. The molecule has 4 atom stereocenters. The van der Waals surface area contributed by atoms with Gasteiger partial charge in [0.15, 0.2) is 0 Å². The summed E-state index contributed by atoms with van der Waals surface area (Å²) >= 11 is 13.4. The molecule has 0 radical (unpaired) electrons. The van der Waals surface area contributed by atoms with Crippen molar-refractivity contribution in [1.82, 2.24) is 49.5 Å². The fourth-order valence-corrected chi connectivity index (χ4v) is 12.5. The van der Waals surface area contributed by atoms with Gasteiger partial charge in [0.2, 0.25) is 5.91 Å². The number of carboxylic acid groups (broad SMARTS) is 1. The molecule has 0 saturated carbocycles. The smallest absolute Gasteiger partial charge is 0.418 e. The Balaban J connectivity index is 0.000000225. The summed E-state index contributed by atoms with van der Waals surface area (Å²) in [5.74, 6) is -1.12. The first kappa shape index (κ1) is 75.5. The van der Waals surface area contributed by atoms with Crippen molar-refractivity contribution in [3.8, 4) is 34.5 Å². The minimum atomic E-state index is -4.73. The van der Waals surface area contributed by atoms with E-state index >= 15 is 0 Å². The first-order valence-corrected chi connectivity index (χ1v) is 32.0. The minimum absolute atomic E-state index is 0.00713. The van der Waals surface area contributed by atoms with Crippen LogP contribution in [-0.4, -0.2) is 195 Å². The molecule has 0 unspecified atom stereocenters. The number of hydrogen-bond donors (Lipinski definition) is 3. The Bertz CT molecular complexity index is 3960. The summed E-state index contributed by atoms with van der Waals surface area (Å²) in [6, 6.07) is 8.27. The number of aliphatic carboxylic acids is 1. The third-order valence-electron chi connectivity index (χ3n) is 16.7. The maximum atomic E-state index is 14.2. The number of aromatic nitrogens is 6. The molecule has 2 aromatic carbocycles. The number of anilines is 4. The average Bonchev–Trinajstić information content (AvgIpc) is 0.817. The first-order chi connectivity index (χ1) is 45.9. The van der Waals surface area contributed by atoms with E-state index in [1.807, 2.05) is 58.5 Å². The summed E-state index contributed by atoms with van der Waals surface area (Å²) in [5.41, 5.74) is 8.95. The van der Waals surface area contributed by atoms with Crippen LogP contribution in [0.3, 0.4) is 0 Å². The van der Waals surface area contributed by atoms with E-state index in [-0.39, 0.29) is 104 Å². The van der Waals surface area contributed by atoms with E-state index in [4.69, 9.17) is 64.0 Å². The first-order valence-electron chi connectivity index (χ1n) is 31.2. The third-order valence-corrected chi connectivity index (χ3v) is 17.3. The lowest BCUT2D eigenvalue weighted by Gasteiger charge is -2.41. The van der Waals surface area contributed by atoms with Gasteiger partial charge in [-0.05, 0) is 161 Å². The Hall–Kier alpha value is -8.29. The van der Waals surface area contributed by atoms with Crippen molar-refractivity contribution in [2.45, 2.75) is 129 Å². The van der Waals surface area contributed by atoms with Crippen LogP contribution in [0.5, 0.6) is 12.0 Å². The third kappa shape index (κ3) is 18.9. The van der Waals surface area contributed by atoms with Crippen LogP contribution >= 0.6 is 23.2 Å². The molecule has 10 rings (SSSR count). The van der Waals surface area contributed by atoms with Gasteiger partial charge in [-0.2, -0.15) is 46.3 Å². The molecule has 98 heavy (non-hydrogen) atoms. The van der Waals surface area contributed by atoms with Gasteiger partial charge in [-0.3, -0.25) is 4.79 Å². The fourth-order valence-electron chi connectivity index (χ4n) is 12.0. The number of halogens is 12. The number of aryl methyl sites for hydroxylation is 2. The van der Waals surface area contributed by atoms with Crippen molar-refractivity contribution in [1.29, 1.82) is 0 Å². The van der Waals surface area contributed by atoms with Crippen molar-refractivity contribution in [2.24, 2.45) is 0 Å². The Morgan fingerprint density at radius 2 is 1.02 bits per heavy atom. The van der Waals surface area contributed by atoms with Crippen LogP contribution in [0.4, 0.5) is 72.0 Å². The Morgan fingerprint density at radius 3 is 1.38 bits per heavy atom. The maximum Gasteiger partial charge on any atom is 0.418 e. The molecule has 4 aromatic heterocycles. The Labute approximate surface area is 568 Å². The van der Waals surface area contributed by atoms with Crippen LogP contribution < -0.4 is 30.7 Å². The summed E-state index contributed by atoms with van der Waals surface area (Å²) in [6.07, 6.45) is -9.12. The van der Waals surface area contributed by atoms with Gasteiger partial charge in [0.05, 0.1) is 43.6 Å². The van der Waals surface area contributed by atoms with E-state index in [2.05, 4.69) is 29.7 Å². The summed E-state index contributed by atoms with van der Waals surface area (Å²) < 4.78 is 150. The molecule has 4 aliphatic rings. The number of benzene rings is 2. The number of likely N-dealkylation sites (N-methyl/N-ethyl adjacent to an activating group) is 2. The molecular formula is C65H76Cl2F10N14O7. The highest BCUT2D eigenvalue weighted by Gasteiger charge is 2.40. The predicted octanol–water partition coefficient (Wildman–Crippen LogP) is 12.7. The van der Waals surface area contributed by atoms with Gasteiger partial charge >= 0.3 is 36.4 Å². The lowest BCUT2D eigenvalue weighted by molar-refractivity contribution is -0.138. The molecule has 8 heterocycles. The van der Waals surface area contributed by atoms with Gasteiger partial charge in [0, 0.05) is 97.5 Å². The van der Waals surface area contributed by atoms with Crippen molar-refractivity contribution >= 4 is 86.2 Å². The molecule has 6 aromatic rings. The van der Waals surface area contributed by atoms with E-state index in [0.717, 1.165) is 50.9 Å². The van der Waals surface area contributed by atoms with Crippen LogP contribution in [-0.2, 0) is 26.7 Å². The molecule has 0 bridgehead atoms. The zero-order chi connectivity index (χ0) is 72.0. The zero-order valence-electron chi connectivity index (χ0n) is 55.1. The number of amides is 2. The number of piperazine rings is 2. The maximum absolute atomic E-state index is 14.2. The Morgan fingerprint density at radius 1 is 0.612 bits per heavy atom. The number of ether oxygens (including phenoxy) is 3. The molecular weight excluding hydrogens is 1350 g/mol. The van der Waals surface area contributed by atoms with Gasteiger partial charge in [-0.25, -0.2) is 37.1 Å². The number of nitrogens with two attached hydrogens (primary N) is 2. The molecule has 0 spiro atoms. The SMILES string of the molecule is Cc1cc(N)nc(-c2cc3nc(OC[C@@H]4CCCN4C)nc(N4CCN(C(=O)/C=C/C(F)F)C[C@@H]4C)c3cc2Cl)c1C(F)(F)F.Cc1cc(N)nc(-c2cc3nc(OC[C@@H]4CCCN4C)nc(N4CCN(C(=O)OC(C)(C)C)C[C@@H]4C)c3cc2Cl)c1C(F)(F)F.O=C(O)/C=C/C(F)F. The number of allylic oxidation sites excluding steroid dienone is 2. The highest BCUT2D eigenvalue weighted by atomic mass is 35.5. The predicted molar refractivity (Wildman–Crippen MR) is 352 cm³/mol. The van der Waals surface area contributed by atoms with Crippen molar-refractivity contribution < 1.29 is 77.6 Å². The lowest BCUT2D eigenvalue weighted by atomic mass is 9.99. The van der Waals surface area contributed by atoms with Gasteiger partial charge in [0.25, 0.3) is 12.9 Å². The average molecular weight is 1430 g/mol. The number of fused-ring (bicyclic) bond motifs is 2. The quantitative estimate of drug-likeness (QED) is 0.0677. The van der Waals surface area contributed by atoms with Crippen LogP contribution in [0.2, 0.25) is 10.0 Å². The molecule has 0 aliphatic carbocycles. The second-order valence-corrected chi connectivity index (χ2v) is 26.0. The van der Waals surface area contributed by atoms with Crippen LogP contribution in [0.1, 0.15) is 82.6 Å². The number of likely N-dealkylation sites (tertiary alicyclic amines) is 2. The van der Waals surface area contributed by atoms with Crippen molar-refractivity contribution in [2.75, 3.05) is 101 Å². The number of nitrogen functional groups attached to an aromatic ring is 2. The number of carbonyl (C=O) groups excluding carboxylic acids is 2. The van der Waals surface area contributed by atoms with E-state index in [9.17, 15) is 58.3 Å². The van der Waals surface area contributed by atoms with Crippen LogP contribution in [0.15, 0.2) is 60.7 Å². The summed E-state index contributed by atoms with van der Waals surface area (Å²) in [7, 11) is 4.03. The molecule has 33 heteroatoms. The number of nitrogens with zero attached hydrogens (tertiary/aromatic N) is 12. The second-order valence-electron chi connectivity index (χ2n) is 25.2. The molecule has 21 nitrogen and oxygen atoms in total. The summed E-state index contributed by atoms with van der Waals surface area (Å²) in [4.78, 5) is 73.0.